The number of aldehydes is 1. The van der Waals surface area contributed by atoms with Crippen molar-refractivity contribution in [3.05, 3.63) is 0 Å². The number of alkyl halides is 2. The molecule has 0 aromatic heterocycles. The molecule has 0 saturated heterocycles. The Hall–Kier alpha value is 0.250. The molecule has 0 saturated carbocycles. The standard InChI is InChI=1S/C4H6Cl2O/c1-2-4(5,6)3-7/h3H,2H2,1H3. The SMILES string of the molecule is CCC(Cl)(Cl)C=O. The van der Waals surface area contributed by atoms with Crippen LogP contribution in [0.5, 0.6) is 0 Å². The molecular weight excluding hydrogens is 135 g/mol. The third-order valence-corrected chi connectivity index (χ3v) is 1.36. The molecule has 3 heteroatoms. The van der Waals surface area contributed by atoms with Crippen LogP contribution in [-0.2, 0) is 4.79 Å². The zero-order chi connectivity index (χ0) is 5.91. The average molecular weight is 141 g/mol. The van der Waals surface area contributed by atoms with Gasteiger partial charge in [-0.3, -0.25) is 0 Å². The van der Waals surface area contributed by atoms with Gasteiger partial charge in [0, 0.05) is 0 Å². The Balaban J connectivity index is 3.58. The molecule has 1 nitrogen and oxygen atoms in total. The second-order valence-corrected chi connectivity index (χ2v) is 2.77. The van der Waals surface area contributed by atoms with E-state index < -0.39 is 4.33 Å². The van der Waals surface area contributed by atoms with Crippen molar-refractivity contribution in [3.63, 3.8) is 0 Å². The van der Waals surface area contributed by atoms with Gasteiger partial charge in [0.25, 0.3) is 0 Å². The van der Waals surface area contributed by atoms with Crippen LogP contribution in [0.15, 0.2) is 0 Å². The van der Waals surface area contributed by atoms with Crippen LogP contribution in [0.1, 0.15) is 13.3 Å². The molecule has 0 heterocycles. The Labute approximate surface area is 52.6 Å². The second-order valence-electron chi connectivity index (χ2n) is 1.23. The lowest BCUT2D eigenvalue weighted by atomic mass is 10.4. The van der Waals surface area contributed by atoms with Crippen molar-refractivity contribution >= 4 is 29.5 Å². The maximum atomic E-state index is 9.79. The first-order valence-corrected chi connectivity index (χ1v) is 2.72. The highest BCUT2D eigenvalue weighted by molar-refractivity contribution is 6.55. The molecule has 0 bridgehead atoms. The van der Waals surface area contributed by atoms with E-state index in [-0.39, 0.29) is 0 Å². The van der Waals surface area contributed by atoms with Crippen LogP contribution in [0.2, 0.25) is 0 Å². The van der Waals surface area contributed by atoms with Gasteiger partial charge in [-0.05, 0) is 6.42 Å². The summed E-state index contributed by atoms with van der Waals surface area (Å²) in [5.41, 5.74) is 0. The third-order valence-electron chi connectivity index (χ3n) is 0.644. The van der Waals surface area contributed by atoms with Gasteiger partial charge in [-0.15, -0.1) is 0 Å². The van der Waals surface area contributed by atoms with Crippen LogP contribution in [0, 0.1) is 0 Å². The summed E-state index contributed by atoms with van der Waals surface area (Å²) in [6, 6.07) is 0. The van der Waals surface area contributed by atoms with E-state index in [4.69, 9.17) is 23.2 Å². The van der Waals surface area contributed by atoms with Gasteiger partial charge < -0.3 is 4.79 Å². The minimum atomic E-state index is -1.15. The molecule has 0 N–H and O–H groups in total. The van der Waals surface area contributed by atoms with E-state index in [1.54, 1.807) is 6.92 Å². The number of rotatable bonds is 2. The lowest BCUT2D eigenvalue weighted by molar-refractivity contribution is -0.108. The van der Waals surface area contributed by atoms with Crippen molar-refractivity contribution in [2.75, 3.05) is 0 Å². The van der Waals surface area contributed by atoms with Gasteiger partial charge in [0.05, 0.1) is 0 Å². The summed E-state index contributed by atoms with van der Waals surface area (Å²) in [6.45, 7) is 1.74. The first-order chi connectivity index (χ1) is 3.12. The van der Waals surface area contributed by atoms with E-state index in [2.05, 4.69) is 0 Å². The van der Waals surface area contributed by atoms with Crippen molar-refractivity contribution in [3.8, 4) is 0 Å². The quantitative estimate of drug-likeness (QED) is 0.423. The molecule has 0 rings (SSSR count). The second kappa shape index (κ2) is 2.53. The van der Waals surface area contributed by atoms with E-state index in [0.29, 0.717) is 12.7 Å². The van der Waals surface area contributed by atoms with Crippen LogP contribution >= 0.6 is 23.2 Å². The van der Waals surface area contributed by atoms with Crippen LogP contribution < -0.4 is 0 Å². The Morgan fingerprint density at radius 2 is 2.14 bits per heavy atom. The molecule has 0 unspecified atom stereocenters. The van der Waals surface area contributed by atoms with Crippen molar-refractivity contribution in [1.29, 1.82) is 0 Å². The van der Waals surface area contributed by atoms with Crippen molar-refractivity contribution in [2.45, 2.75) is 17.7 Å². The van der Waals surface area contributed by atoms with E-state index in [0.717, 1.165) is 0 Å². The van der Waals surface area contributed by atoms with Crippen LogP contribution in [-0.4, -0.2) is 10.6 Å². The van der Waals surface area contributed by atoms with E-state index >= 15 is 0 Å². The van der Waals surface area contributed by atoms with Crippen molar-refractivity contribution in [2.24, 2.45) is 0 Å². The molecule has 0 aliphatic heterocycles. The molecule has 0 fully saturated rings. The van der Waals surface area contributed by atoms with Crippen LogP contribution in [0.4, 0.5) is 0 Å². The molecule has 7 heavy (non-hydrogen) atoms. The van der Waals surface area contributed by atoms with Gasteiger partial charge in [-0.1, -0.05) is 30.1 Å². The van der Waals surface area contributed by atoms with E-state index in [9.17, 15) is 4.79 Å². The lowest BCUT2D eigenvalue weighted by Gasteiger charge is -2.04. The number of hydrogen-bond donors (Lipinski definition) is 0. The van der Waals surface area contributed by atoms with Crippen molar-refractivity contribution < 1.29 is 4.79 Å². The van der Waals surface area contributed by atoms with Gasteiger partial charge in [-0.2, -0.15) is 0 Å². The highest BCUT2D eigenvalue weighted by atomic mass is 35.5. The third kappa shape index (κ3) is 2.89. The Kier molecular flexibility index (Phi) is 2.62. The summed E-state index contributed by atoms with van der Waals surface area (Å²) < 4.78 is -1.15. The maximum absolute atomic E-state index is 9.79. The summed E-state index contributed by atoms with van der Waals surface area (Å²) in [4.78, 5) is 9.79. The van der Waals surface area contributed by atoms with Gasteiger partial charge in [-0.25, -0.2) is 0 Å². The maximum Gasteiger partial charge on any atom is 0.172 e. The number of carbonyl (C=O) groups excluding carboxylic acids is 1. The Bertz CT molecular complexity index is 70.1. The molecule has 0 aromatic carbocycles. The van der Waals surface area contributed by atoms with Gasteiger partial charge in [0.2, 0.25) is 0 Å². The molecule has 0 aromatic rings. The largest absolute Gasteiger partial charge is 0.300 e. The summed E-state index contributed by atoms with van der Waals surface area (Å²) >= 11 is 10.6. The normalized spacial score (nSPS) is 11.3. The van der Waals surface area contributed by atoms with Gasteiger partial charge in [0.15, 0.2) is 10.6 Å². The molecule has 0 spiro atoms. The number of carbonyl (C=O) groups is 1. The lowest BCUT2D eigenvalue weighted by Crippen LogP contribution is -2.11. The fraction of sp³-hybridized carbons (Fsp3) is 0.750. The predicted molar refractivity (Wildman–Crippen MR) is 30.8 cm³/mol. The zero-order valence-electron chi connectivity index (χ0n) is 3.95. The number of hydrogen-bond acceptors (Lipinski definition) is 1. The summed E-state index contributed by atoms with van der Waals surface area (Å²) in [5.74, 6) is 0. The predicted octanol–water partition coefficient (Wildman–Crippen LogP) is 1.77. The molecule has 0 atom stereocenters. The topological polar surface area (TPSA) is 17.1 Å². The van der Waals surface area contributed by atoms with Crippen molar-refractivity contribution in [1.82, 2.24) is 0 Å². The van der Waals surface area contributed by atoms with E-state index in [1.165, 1.54) is 0 Å². The minimum Gasteiger partial charge on any atom is -0.300 e. The van der Waals surface area contributed by atoms with Gasteiger partial charge >= 0.3 is 0 Å². The first kappa shape index (κ1) is 7.25. The molecule has 42 valence electrons. The summed E-state index contributed by atoms with van der Waals surface area (Å²) in [7, 11) is 0. The highest BCUT2D eigenvalue weighted by Crippen LogP contribution is 2.20. The molecule has 0 aliphatic rings. The fourth-order valence-electron chi connectivity index (χ4n) is 0.0833. The summed E-state index contributed by atoms with van der Waals surface area (Å²) in [5, 5.41) is 0. The van der Waals surface area contributed by atoms with Crippen LogP contribution in [0.3, 0.4) is 0 Å². The minimum absolute atomic E-state index is 0.458. The zero-order valence-corrected chi connectivity index (χ0v) is 5.46. The average Bonchev–Trinajstić information content (AvgIpc) is 1.68. The monoisotopic (exact) mass is 140 g/mol. The molecule has 0 radical (unpaired) electrons. The first-order valence-electron chi connectivity index (χ1n) is 1.96. The molecule has 0 aliphatic carbocycles. The molecule has 0 amide bonds. The molecular formula is C4H6Cl2O. The smallest absolute Gasteiger partial charge is 0.172 e. The van der Waals surface area contributed by atoms with E-state index in [1.807, 2.05) is 0 Å². The highest BCUT2D eigenvalue weighted by Gasteiger charge is 2.18. The Morgan fingerprint density at radius 3 is 2.14 bits per heavy atom. The Morgan fingerprint density at radius 1 is 1.71 bits per heavy atom. The number of halogens is 2. The summed E-state index contributed by atoms with van der Waals surface area (Å²) in [6.07, 6.45) is 0.982. The fourth-order valence-corrected chi connectivity index (χ4v) is 0.0833. The van der Waals surface area contributed by atoms with Gasteiger partial charge in [0.1, 0.15) is 0 Å². The van der Waals surface area contributed by atoms with Crippen LogP contribution in [0.25, 0.3) is 0 Å².